The molecule has 4 aromatic rings. The summed E-state index contributed by atoms with van der Waals surface area (Å²) in [6.45, 7) is 4.54. The lowest BCUT2D eigenvalue weighted by molar-refractivity contribution is -0.119. The molecule has 2 aromatic heterocycles. The normalized spacial score (nSPS) is 16.1. The minimum Gasteiger partial charge on any atom is -0.324 e. The number of hydrogen-bond acceptors (Lipinski definition) is 2. The van der Waals surface area contributed by atoms with Crippen LogP contribution in [0.15, 0.2) is 40.9 Å². The molecule has 1 unspecified atom stereocenters. The average Bonchev–Trinajstić information content (AvgIpc) is 3.21. The van der Waals surface area contributed by atoms with Crippen molar-refractivity contribution in [1.29, 1.82) is 0 Å². The van der Waals surface area contributed by atoms with Crippen molar-refractivity contribution in [3.05, 3.63) is 46.7 Å². The third kappa shape index (κ3) is 2.29. The monoisotopic (exact) mass is 440 g/mol. The van der Waals surface area contributed by atoms with Gasteiger partial charge in [-0.15, -0.1) is 0 Å². The molecular weight excluding hydrogens is 423 g/mol. The second kappa shape index (κ2) is 6.17. The van der Waals surface area contributed by atoms with Gasteiger partial charge in [-0.25, -0.2) is 9.37 Å². The van der Waals surface area contributed by atoms with E-state index in [-0.39, 0.29) is 17.8 Å². The number of rotatable bonds is 3. The Kier molecular flexibility index (Phi) is 3.84. The Morgan fingerprint density at radius 3 is 2.79 bits per heavy atom. The molecule has 1 aliphatic heterocycles. The number of nitrogens with one attached hydrogen (secondary N) is 1. The first kappa shape index (κ1) is 17.4. The molecule has 5 nitrogen and oxygen atoms in total. The van der Waals surface area contributed by atoms with Crippen LogP contribution in [-0.4, -0.2) is 20.0 Å². The number of carbonyl (C=O) groups excluding carboxylic acids is 1. The number of imidazole rings is 1. The number of halogens is 2. The Morgan fingerprint density at radius 1 is 1.21 bits per heavy atom. The summed E-state index contributed by atoms with van der Waals surface area (Å²) in [5.74, 6) is 0.322. The first-order chi connectivity index (χ1) is 13.5. The van der Waals surface area contributed by atoms with Gasteiger partial charge in [0.05, 0.1) is 22.4 Å². The van der Waals surface area contributed by atoms with Crippen LogP contribution in [0.1, 0.15) is 26.3 Å². The number of aryl methyl sites for hydroxylation is 1. The van der Waals surface area contributed by atoms with Crippen LogP contribution in [0.3, 0.4) is 0 Å². The molecule has 0 saturated carbocycles. The summed E-state index contributed by atoms with van der Waals surface area (Å²) in [4.78, 5) is 17.5. The van der Waals surface area contributed by atoms with E-state index in [1.165, 1.54) is 6.07 Å². The smallest absolute Gasteiger partial charge is 0.247 e. The van der Waals surface area contributed by atoms with E-state index in [1.807, 2.05) is 48.7 Å². The predicted octanol–water partition coefficient (Wildman–Crippen LogP) is 5.48. The number of fused-ring (bicyclic) bond motifs is 1. The standard InChI is InChI=1S/C21H18BrFN4O/c1-3-16-21(28)25-14-7-5-6-11-8-17(27(16)18(11)14)20-24-15-10-12(22)9-13(23)19(15)26(20)4-2/h5-10,16H,3-4H2,1-2H3,(H,25,28). The molecule has 1 amide bonds. The lowest BCUT2D eigenvalue weighted by Crippen LogP contribution is -2.30. The molecule has 28 heavy (non-hydrogen) atoms. The summed E-state index contributed by atoms with van der Waals surface area (Å²) in [5.41, 5.74) is 3.69. The lowest BCUT2D eigenvalue weighted by Gasteiger charge is -2.26. The highest BCUT2D eigenvalue weighted by Crippen LogP contribution is 2.40. The summed E-state index contributed by atoms with van der Waals surface area (Å²) >= 11 is 3.35. The number of aromatic nitrogens is 3. The molecule has 7 heteroatoms. The van der Waals surface area contributed by atoms with Crippen molar-refractivity contribution in [3.8, 4) is 11.5 Å². The van der Waals surface area contributed by atoms with E-state index < -0.39 is 0 Å². The third-order valence-electron chi connectivity index (χ3n) is 5.42. The Hall–Kier alpha value is -2.67. The molecule has 0 aliphatic carbocycles. The summed E-state index contributed by atoms with van der Waals surface area (Å²) < 4.78 is 19.3. The van der Waals surface area contributed by atoms with Gasteiger partial charge in [-0.05, 0) is 37.6 Å². The van der Waals surface area contributed by atoms with Crippen molar-refractivity contribution >= 4 is 49.5 Å². The van der Waals surface area contributed by atoms with Crippen molar-refractivity contribution in [2.45, 2.75) is 32.9 Å². The van der Waals surface area contributed by atoms with Gasteiger partial charge in [-0.3, -0.25) is 4.79 Å². The van der Waals surface area contributed by atoms with E-state index in [1.54, 1.807) is 0 Å². The van der Waals surface area contributed by atoms with Gasteiger partial charge >= 0.3 is 0 Å². The number of nitrogens with zero attached hydrogens (tertiary/aromatic N) is 3. The van der Waals surface area contributed by atoms with Crippen molar-refractivity contribution in [1.82, 2.24) is 14.1 Å². The van der Waals surface area contributed by atoms with E-state index in [0.29, 0.717) is 34.3 Å². The van der Waals surface area contributed by atoms with Crippen LogP contribution in [0.25, 0.3) is 33.5 Å². The van der Waals surface area contributed by atoms with E-state index in [9.17, 15) is 9.18 Å². The summed E-state index contributed by atoms with van der Waals surface area (Å²) in [6, 6.07) is 10.9. The Bertz CT molecular complexity index is 1270. The number of hydrogen-bond donors (Lipinski definition) is 1. The van der Waals surface area contributed by atoms with Crippen LogP contribution in [-0.2, 0) is 11.3 Å². The maximum Gasteiger partial charge on any atom is 0.247 e. The van der Waals surface area contributed by atoms with Crippen LogP contribution in [0, 0.1) is 5.82 Å². The van der Waals surface area contributed by atoms with E-state index in [2.05, 4.69) is 25.8 Å². The molecule has 0 saturated heterocycles. The largest absolute Gasteiger partial charge is 0.324 e. The minimum absolute atomic E-state index is 0.0342. The zero-order valence-corrected chi connectivity index (χ0v) is 17.0. The van der Waals surface area contributed by atoms with Gasteiger partial charge in [-0.2, -0.15) is 0 Å². The van der Waals surface area contributed by atoms with Crippen LogP contribution in [0.4, 0.5) is 10.1 Å². The van der Waals surface area contributed by atoms with Gasteiger partial charge in [0, 0.05) is 16.4 Å². The van der Waals surface area contributed by atoms with Gasteiger partial charge in [0.2, 0.25) is 5.91 Å². The Labute approximate surface area is 169 Å². The molecule has 0 radical (unpaired) electrons. The summed E-state index contributed by atoms with van der Waals surface area (Å²) in [7, 11) is 0. The molecule has 2 aromatic carbocycles. The van der Waals surface area contributed by atoms with Gasteiger partial charge in [0.15, 0.2) is 5.82 Å². The highest BCUT2D eigenvalue weighted by atomic mass is 79.9. The summed E-state index contributed by atoms with van der Waals surface area (Å²) in [6.07, 6.45) is 0.656. The van der Waals surface area contributed by atoms with E-state index >= 15 is 0 Å². The molecule has 1 aliphatic rings. The molecule has 142 valence electrons. The lowest BCUT2D eigenvalue weighted by atomic mass is 10.1. The summed E-state index contributed by atoms with van der Waals surface area (Å²) in [5, 5.41) is 4.04. The van der Waals surface area contributed by atoms with Crippen LogP contribution >= 0.6 is 15.9 Å². The highest BCUT2D eigenvalue weighted by Gasteiger charge is 2.31. The predicted molar refractivity (Wildman–Crippen MR) is 112 cm³/mol. The quantitative estimate of drug-likeness (QED) is 0.458. The Balaban J connectivity index is 1.89. The zero-order valence-electron chi connectivity index (χ0n) is 15.5. The Morgan fingerprint density at radius 2 is 2.04 bits per heavy atom. The first-order valence-electron chi connectivity index (χ1n) is 9.34. The first-order valence-corrected chi connectivity index (χ1v) is 10.1. The number of benzene rings is 2. The number of para-hydroxylation sites is 1. The van der Waals surface area contributed by atoms with E-state index in [0.717, 1.165) is 22.3 Å². The molecular formula is C21H18BrFN4O. The van der Waals surface area contributed by atoms with Crippen LogP contribution in [0.2, 0.25) is 0 Å². The van der Waals surface area contributed by atoms with Crippen molar-refractivity contribution < 1.29 is 9.18 Å². The number of anilines is 1. The highest BCUT2D eigenvalue weighted by molar-refractivity contribution is 9.10. The second-order valence-corrected chi connectivity index (χ2v) is 7.91. The zero-order chi connectivity index (χ0) is 19.6. The number of amides is 1. The van der Waals surface area contributed by atoms with E-state index in [4.69, 9.17) is 4.98 Å². The fourth-order valence-electron chi connectivity index (χ4n) is 4.27. The SMILES string of the molecule is CCC1C(=O)Nc2cccc3cc(-c4nc5cc(Br)cc(F)c5n4CC)n1c23. The van der Waals surface area contributed by atoms with Crippen molar-refractivity contribution in [2.75, 3.05) is 5.32 Å². The average molecular weight is 441 g/mol. The molecule has 0 bridgehead atoms. The van der Waals surface area contributed by atoms with Gasteiger partial charge in [0.1, 0.15) is 17.4 Å². The fourth-order valence-corrected chi connectivity index (χ4v) is 4.69. The number of carbonyl (C=O) groups is 1. The minimum atomic E-state index is -0.330. The molecule has 1 N–H and O–H groups in total. The molecule has 0 fully saturated rings. The third-order valence-corrected chi connectivity index (χ3v) is 5.88. The maximum atomic E-state index is 14.7. The molecule has 5 rings (SSSR count). The molecule has 1 atom stereocenters. The topological polar surface area (TPSA) is 51.9 Å². The van der Waals surface area contributed by atoms with Crippen molar-refractivity contribution in [2.24, 2.45) is 0 Å². The van der Waals surface area contributed by atoms with Gasteiger partial charge in [-0.1, -0.05) is 35.0 Å². The fraction of sp³-hybridized carbons (Fsp3) is 0.238. The van der Waals surface area contributed by atoms with Crippen LogP contribution < -0.4 is 5.32 Å². The molecule has 3 heterocycles. The van der Waals surface area contributed by atoms with Crippen LogP contribution in [0.5, 0.6) is 0 Å². The molecule has 0 spiro atoms. The van der Waals surface area contributed by atoms with Crippen molar-refractivity contribution in [3.63, 3.8) is 0 Å². The van der Waals surface area contributed by atoms with Gasteiger partial charge < -0.3 is 14.5 Å². The maximum absolute atomic E-state index is 14.7. The van der Waals surface area contributed by atoms with Gasteiger partial charge in [0.25, 0.3) is 0 Å². The second-order valence-electron chi connectivity index (χ2n) is 6.99.